The Morgan fingerprint density at radius 2 is 1.71 bits per heavy atom. The molecule has 0 saturated carbocycles. The van der Waals surface area contributed by atoms with Gasteiger partial charge in [0.15, 0.2) is 0 Å². The molecule has 28 heavy (non-hydrogen) atoms. The third-order valence-corrected chi connectivity index (χ3v) is 4.59. The van der Waals surface area contributed by atoms with Gasteiger partial charge in [-0.3, -0.25) is 4.79 Å². The SMILES string of the molecule is CCC(=O)N[C@@H](Cc1cc(F)cc(F)c1)[C@H](O)CNCc1cccc(CC)c1. The van der Waals surface area contributed by atoms with Crippen molar-refractivity contribution in [1.82, 2.24) is 10.6 Å². The molecule has 0 radical (unpaired) electrons. The van der Waals surface area contributed by atoms with Crippen molar-refractivity contribution in [3.8, 4) is 0 Å². The third-order valence-electron chi connectivity index (χ3n) is 4.59. The van der Waals surface area contributed by atoms with Crippen molar-refractivity contribution in [2.75, 3.05) is 6.54 Å². The van der Waals surface area contributed by atoms with Crippen molar-refractivity contribution in [3.63, 3.8) is 0 Å². The minimum Gasteiger partial charge on any atom is -0.390 e. The fourth-order valence-electron chi connectivity index (χ4n) is 3.04. The number of carbonyl (C=O) groups is 1. The average Bonchev–Trinajstić information content (AvgIpc) is 2.66. The van der Waals surface area contributed by atoms with E-state index in [9.17, 15) is 18.7 Å². The van der Waals surface area contributed by atoms with Crippen molar-refractivity contribution in [2.24, 2.45) is 0 Å². The summed E-state index contributed by atoms with van der Waals surface area (Å²) in [5.41, 5.74) is 2.72. The van der Waals surface area contributed by atoms with E-state index in [0.29, 0.717) is 12.1 Å². The van der Waals surface area contributed by atoms with E-state index >= 15 is 0 Å². The predicted octanol–water partition coefficient (Wildman–Crippen LogP) is 3.12. The van der Waals surface area contributed by atoms with Crippen LogP contribution in [0.2, 0.25) is 0 Å². The van der Waals surface area contributed by atoms with Gasteiger partial charge in [-0.05, 0) is 41.7 Å². The summed E-state index contributed by atoms with van der Waals surface area (Å²) in [6, 6.07) is 10.7. The molecular formula is C22H28F2N2O2. The smallest absolute Gasteiger partial charge is 0.220 e. The second-order valence-electron chi connectivity index (χ2n) is 6.88. The summed E-state index contributed by atoms with van der Waals surface area (Å²) in [5.74, 6) is -1.59. The van der Waals surface area contributed by atoms with Gasteiger partial charge in [0.1, 0.15) is 11.6 Å². The van der Waals surface area contributed by atoms with Gasteiger partial charge < -0.3 is 15.7 Å². The Morgan fingerprint density at radius 1 is 1.04 bits per heavy atom. The molecule has 4 nitrogen and oxygen atoms in total. The average molecular weight is 390 g/mol. The Morgan fingerprint density at radius 3 is 2.36 bits per heavy atom. The van der Waals surface area contributed by atoms with Crippen molar-refractivity contribution in [2.45, 2.75) is 51.8 Å². The zero-order valence-corrected chi connectivity index (χ0v) is 16.3. The van der Waals surface area contributed by atoms with E-state index in [-0.39, 0.29) is 25.3 Å². The Balaban J connectivity index is 1.99. The minimum absolute atomic E-state index is 0.134. The third kappa shape index (κ3) is 7.02. The molecule has 0 fully saturated rings. The highest BCUT2D eigenvalue weighted by Crippen LogP contribution is 2.12. The Kier molecular flexibility index (Phi) is 8.54. The number of benzene rings is 2. The second-order valence-corrected chi connectivity index (χ2v) is 6.88. The maximum atomic E-state index is 13.5. The molecule has 6 heteroatoms. The molecule has 152 valence electrons. The molecule has 0 aliphatic heterocycles. The fourth-order valence-corrected chi connectivity index (χ4v) is 3.04. The molecule has 0 bridgehead atoms. The first kappa shape index (κ1) is 22.0. The highest BCUT2D eigenvalue weighted by molar-refractivity contribution is 5.75. The number of carbonyl (C=O) groups excluding carboxylic acids is 1. The van der Waals surface area contributed by atoms with Gasteiger partial charge in [-0.1, -0.05) is 38.1 Å². The molecule has 0 spiro atoms. The molecule has 0 aliphatic carbocycles. The van der Waals surface area contributed by atoms with Crippen molar-refractivity contribution < 1.29 is 18.7 Å². The molecule has 2 aromatic carbocycles. The highest BCUT2D eigenvalue weighted by atomic mass is 19.1. The van der Waals surface area contributed by atoms with Crippen LogP contribution in [0.15, 0.2) is 42.5 Å². The Labute approximate surface area is 165 Å². The molecule has 0 saturated heterocycles. The highest BCUT2D eigenvalue weighted by Gasteiger charge is 2.21. The van der Waals surface area contributed by atoms with Gasteiger partial charge in [-0.25, -0.2) is 8.78 Å². The number of hydrogen-bond acceptors (Lipinski definition) is 3. The quantitative estimate of drug-likeness (QED) is 0.584. The maximum Gasteiger partial charge on any atom is 0.220 e. The number of aryl methyl sites for hydroxylation is 1. The van der Waals surface area contributed by atoms with Gasteiger partial charge in [0.05, 0.1) is 12.1 Å². The first-order valence-corrected chi connectivity index (χ1v) is 9.62. The van der Waals surface area contributed by atoms with Crippen molar-refractivity contribution in [3.05, 3.63) is 70.8 Å². The first-order valence-electron chi connectivity index (χ1n) is 9.62. The summed E-state index contributed by atoms with van der Waals surface area (Å²) >= 11 is 0. The van der Waals surface area contributed by atoms with Crippen molar-refractivity contribution >= 4 is 5.91 Å². The van der Waals surface area contributed by atoms with Crippen LogP contribution in [0.4, 0.5) is 8.78 Å². The van der Waals surface area contributed by atoms with E-state index in [4.69, 9.17) is 0 Å². The van der Waals surface area contributed by atoms with Crippen LogP contribution >= 0.6 is 0 Å². The lowest BCUT2D eigenvalue weighted by Gasteiger charge is -2.25. The van der Waals surface area contributed by atoms with E-state index in [2.05, 4.69) is 29.7 Å². The lowest BCUT2D eigenvalue weighted by atomic mass is 10.0. The van der Waals surface area contributed by atoms with Crippen LogP contribution in [0.3, 0.4) is 0 Å². The zero-order chi connectivity index (χ0) is 20.5. The summed E-state index contributed by atoms with van der Waals surface area (Å²) in [4.78, 5) is 11.8. The molecule has 2 aromatic rings. The molecule has 2 atom stereocenters. The lowest BCUT2D eigenvalue weighted by Crippen LogP contribution is -2.48. The second kappa shape index (κ2) is 10.9. The fraction of sp³-hybridized carbons (Fsp3) is 0.409. The summed E-state index contributed by atoms with van der Waals surface area (Å²) < 4.78 is 26.9. The van der Waals surface area contributed by atoms with Crippen LogP contribution in [0.25, 0.3) is 0 Å². The van der Waals surface area contributed by atoms with Crippen LogP contribution in [0, 0.1) is 11.6 Å². The van der Waals surface area contributed by atoms with Gasteiger partial charge in [0, 0.05) is 25.6 Å². The topological polar surface area (TPSA) is 61.4 Å². The summed E-state index contributed by atoms with van der Waals surface area (Å²) in [6.07, 6.45) is 0.439. The standard InChI is InChI=1S/C22H28F2N2O2/c1-3-15-6-5-7-16(8-15)13-25-14-21(27)20(26-22(28)4-2)11-17-9-18(23)12-19(24)10-17/h5-10,12,20-21,25,27H,3-4,11,13-14H2,1-2H3,(H,26,28)/t20-,21+/m0/s1. The first-order chi connectivity index (χ1) is 13.4. The van der Waals surface area contributed by atoms with E-state index in [1.54, 1.807) is 6.92 Å². The van der Waals surface area contributed by atoms with Crippen LogP contribution in [-0.2, 0) is 24.2 Å². The van der Waals surface area contributed by atoms with E-state index in [1.165, 1.54) is 17.7 Å². The maximum absolute atomic E-state index is 13.5. The molecule has 3 N–H and O–H groups in total. The van der Waals surface area contributed by atoms with Crippen LogP contribution in [-0.4, -0.2) is 29.7 Å². The zero-order valence-electron chi connectivity index (χ0n) is 16.3. The van der Waals surface area contributed by atoms with Crippen LogP contribution in [0.5, 0.6) is 0 Å². The molecular weight excluding hydrogens is 362 g/mol. The lowest BCUT2D eigenvalue weighted by molar-refractivity contribution is -0.122. The van der Waals surface area contributed by atoms with Gasteiger partial charge in [0.2, 0.25) is 5.91 Å². The number of rotatable bonds is 10. The molecule has 2 rings (SSSR count). The summed E-state index contributed by atoms with van der Waals surface area (Å²) in [7, 11) is 0. The van der Waals surface area contributed by atoms with E-state index in [0.717, 1.165) is 18.1 Å². The minimum atomic E-state index is -0.906. The van der Waals surface area contributed by atoms with Gasteiger partial charge >= 0.3 is 0 Å². The predicted molar refractivity (Wildman–Crippen MR) is 106 cm³/mol. The molecule has 1 amide bonds. The Bertz CT molecular complexity index is 763. The van der Waals surface area contributed by atoms with Crippen molar-refractivity contribution in [1.29, 1.82) is 0 Å². The van der Waals surface area contributed by atoms with E-state index in [1.807, 2.05) is 12.1 Å². The molecule has 0 unspecified atom stereocenters. The van der Waals surface area contributed by atoms with Gasteiger partial charge in [0.25, 0.3) is 0 Å². The number of halogens is 2. The molecule has 0 aliphatic rings. The summed E-state index contributed by atoms with van der Waals surface area (Å²) in [5, 5.41) is 16.5. The normalized spacial score (nSPS) is 13.2. The molecule has 0 aromatic heterocycles. The number of nitrogens with one attached hydrogen (secondary N) is 2. The van der Waals surface area contributed by atoms with Crippen LogP contribution in [0.1, 0.15) is 37.0 Å². The molecule has 0 heterocycles. The number of amides is 1. The number of aliphatic hydroxyl groups excluding tert-OH is 1. The largest absolute Gasteiger partial charge is 0.390 e. The van der Waals surface area contributed by atoms with Gasteiger partial charge in [-0.2, -0.15) is 0 Å². The van der Waals surface area contributed by atoms with Gasteiger partial charge in [-0.15, -0.1) is 0 Å². The summed E-state index contributed by atoms with van der Waals surface area (Å²) in [6.45, 7) is 4.61. The van der Waals surface area contributed by atoms with Crippen LogP contribution < -0.4 is 10.6 Å². The monoisotopic (exact) mass is 390 g/mol. The van der Waals surface area contributed by atoms with E-state index < -0.39 is 23.8 Å². The Hall–Kier alpha value is -2.31. The number of hydrogen-bond donors (Lipinski definition) is 3. The number of aliphatic hydroxyl groups is 1.